The Hall–Kier alpha value is -3.10. The van der Waals surface area contributed by atoms with Gasteiger partial charge in [-0.1, -0.05) is 76.6 Å². The molecule has 1 rings (SSSR count). The number of benzene rings is 1. The molecule has 0 aliphatic rings. The number of carbonyl (C=O) groups is 4. The molecule has 0 spiro atoms. The minimum Gasteiger partial charge on any atom is -0.444 e. The standard InChI is InChI=1S/C32H54N4O5/c1-8-10-11-12-13-16-22-36(30(39)26(20-21-27(33)37)35-31(40)41-32(5,6)7)28(25-19-15-14-18-23(25)3)29(38)34-24(4)17-9-2/h14-15,18-19,24,26,28H,8-13,16-17,20-22H2,1-7H3,(H2,33,37)(H,34,38)(H,35,40). The Morgan fingerprint density at radius 1 is 0.927 bits per heavy atom. The molecule has 1 aromatic carbocycles. The molecule has 4 N–H and O–H groups in total. The fraction of sp³-hybridized carbons (Fsp3) is 0.688. The van der Waals surface area contributed by atoms with Crippen LogP contribution >= 0.6 is 0 Å². The van der Waals surface area contributed by atoms with Crippen LogP contribution in [0.3, 0.4) is 0 Å². The van der Waals surface area contributed by atoms with Gasteiger partial charge in [0.15, 0.2) is 0 Å². The molecule has 0 heterocycles. The smallest absolute Gasteiger partial charge is 0.408 e. The lowest BCUT2D eigenvalue weighted by Gasteiger charge is -2.35. The van der Waals surface area contributed by atoms with Crippen LogP contribution in [0.15, 0.2) is 24.3 Å². The summed E-state index contributed by atoms with van der Waals surface area (Å²) in [6, 6.07) is 5.46. The highest BCUT2D eigenvalue weighted by atomic mass is 16.6. The molecular formula is C32H54N4O5. The first kappa shape index (κ1) is 35.9. The molecule has 9 heteroatoms. The third kappa shape index (κ3) is 13.9. The summed E-state index contributed by atoms with van der Waals surface area (Å²) in [6.07, 6.45) is 6.87. The number of unbranched alkanes of at least 4 members (excludes halogenated alkanes) is 5. The molecular weight excluding hydrogens is 520 g/mol. The van der Waals surface area contributed by atoms with Gasteiger partial charge < -0.3 is 26.0 Å². The molecule has 0 aliphatic carbocycles. The fourth-order valence-corrected chi connectivity index (χ4v) is 4.79. The van der Waals surface area contributed by atoms with Crippen LogP contribution in [0.2, 0.25) is 0 Å². The molecule has 232 valence electrons. The van der Waals surface area contributed by atoms with Crippen LogP contribution in [0.4, 0.5) is 4.79 Å². The molecule has 0 saturated carbocycles. The molecule has 0 radical (unpaired) electrons. The van der Waals surface area contributed by atoms with E-state index in [0.29, 0.717) is 13.0 Å². The van der Waals surface area contributed by atoms with Crippen molar-refractivity contribution in [2.24, 2.45) is 5.73 Å². The monoisotopic (exact) mass is 574 g/mol. The summed E-state index contributed by atoms with van der Waals surface area (Å²) in [4.78, 5) is 54.2. The molecule has 1 aromatic rings. The lowest BCUT2D eigenvalue weighted by molar-refractivity contribution is -0.143. The Labute approximate surface area is 247 Å². The van der Waals surface area contributed by atoms with E-state index in [1.807, 2.05) is 38.1 Å². The number of nitrogens with two attached hydrogens (primary N) is 1. The number of nitrogens with one attached hydrogen (secondary N) is 2. The van der Waals surface area contributed by atoms with Gasteiger partial charge in [-0.2, -0.15) is 0 Å². The van der Waals surface area contributed by atoms with Crippen molar-refractivity contribution in [3.8, 4) is 0 Å². The van der Waals surface area contributed by atoms with Crippen LogP contribution in [0, 0.1) is 6.92 Å². The van der Waals surface area contributed by atoms with E-state index in [0.717, 1.165) is 56.1 Å². The van der Waals surface area contributed by atoms with E-state index in [9.17, 15) is 19.2 Å². The maximum absolute atomic E-state index is 14.3. The van der Waals surface area contributed by atoms with Crippen molar-refractivity contribution in [1.82, 2.24) is 15.5 Å². The number of rotatable bonds is 18. The number of hydrogen-bond acceptors (Lipinski definition) is 5. The van der Waals surface area contributed by atoms with E-state index in [2.05, 4.69) is 24.5 Å². The molecule has 0 saturated heterocycles. The van der Waals surface area contributed by atoms with Gasteiger partial charge in [-0.15, -0.1) is 0 Å². The SMILES string of the molecule is CCCCCCCCN(C(=O)C(CCC(N)=O)NC(=O)OC(C)(C)C)C(C(=O)NC(C)CCC)c1ccccc1C. The van der Waals surface area contributed by atoms with Gasteiger partial charge in [-0.25, -0.2) is 4.79 Å². The molecule has 3 unspecified atom stereocenters. The van der Waals surface area contributed by atoms with Crippen LogP contribution in [-0.4, -0.2) is 52.9 Å². The second kappa shape index (κ2) is 18.4. The van der Waals surface area contributed by atoms with Crippen LogP contribution in [0.1, 0.15) is 123 Å². The molecule has 0 aliphatic heterocycles. The first-order valence-electron chi connectivity index (χ1n) is 15.2. The number of nitrogens with zero attached hydrogens (tertiary/aromatic N) is 1. The van der Waals surface area contributed by atoms with Gasteiger partial charge in [0.25, 0.3) is 0 Å². The predicted octanol–water partition coefficient (Wildman–Crippen LogP) is 5.69. The van der Waals surface area contributed by atoms with Crippen molar-refractivity contribution in [3.05, 3.63) is 35.4 Å². The number of aryl methyl sites for hydroxylation is 1. The zero-order valence-electron chi connectivity index (χ0n) is 26.4. The Morgan fingerprint density at radius 2 is 1.56 bits per heavy atom. The molecule has 9 nitrogen and oxygen atoms in total. The van der Waals surface area contributed by atoms with Gasteiger partial charge >= 0.3 is 6.09 Å². The molecule has 41 heavy (non-hydrogen) atoms. The summed E-state index contributed by atoms with van der Waals surface area (Å²) in [5.41, 5.74) is 6.24. The lowest BCUT2D eigenvalue weighted by Crippen LogP contribution is -2.54. The molecule has 0 aromatic heterocycles. The number of primary amides is 1. The van der Waals surface area contributed by atoms with E-state index < -0.39 is 35.6 Å². The Balaban J connectivity index is 3.50. The average Bonchev–Trinajstić information content (AvgIpc) is 2.87. The Kier molecular flexibility index (Phi) is 16.1. The zero-order valence-corrected chi connectivity index (χ0v) is 26.4. The Morgan fingerprint density at radius 3 is 2.15 bits per heavy atom. The van der Waals surface area contributed by atoms with Gasteiger partial charge in [0.1, 0.15) is 17.7 Å². The number of alkyl carbamates (subject to hydrolysis) is 1. The van der Waals surface area contributed by atoms with Crippen molar-refractivity contribution in [2.45, 2.75) is 136 Å². The molecule has 0 bridgehead atoms. The van der Waals surface area contributed by atoms with E-state index in [1.165, 1.54) is 0 Å². The molecule has 0 fully saturated rings. The normalized spacial score (nSPS) is 13.5. The van der Waals surface area contributed by atoms with Gasteiger partial charge in [-0.05, 0) is 65.0 Å². The number of ether oxygens (including phenoxy) is 1. The average molecular weight is 575 g/mol. The third-order valence-electron chi connectivity index (χ3n) is 6.86. The maximum Gasteiger partial charge on any atom is 0.408 e. The van der Waals surface area contributed by atoms with Crippen molar-refractivity contribution >= 4 is 23.8 Å². The number of hydrogen-bond donors (Lipinski definition) is 3. The summed E-state index contributed by atoms with van der Waals surface area (Å²) >= 11 is 0. The Bertz CT molecular complexity index is 975. The van der Waals surface area contributed by atoms with Crippen molar-refractivity contribution in [2.75, 3.05) is 6.54 Å². The van der Waals surface area contributed by atoms with Crippen molar-refractivity contribution in [1.29, 1.82) is 0 Å². The van der Waals surface area contributed by atoms with Crippen LogP contribution in [-0.2, 0) is 19.1 Å². The summed E-state index contributed by atoms with van der Waals surface area (Å²) in [5, 5.41) is 5.76. The highest BCUT2D eigenvalue weighted by molar-refractivity contribution is 5.92. The summed E-state index contributed by atoms with van der Waals surface area (Å²) < 4.78 is 5.42. The highest BCUT2D eigenvalue weighted by Crippen LogP contribution is 2.27. The topological polar surface area (TPSA) is 131 Å². The van der Waals surface area contributed by atoms with Gasteiger partial charge in [0.2, 0.25) is 17.7 Å². The summed E-state index contributed by atoms with van der Waals surface area (Å²) in [7, 11) is 0. The molecule has 4 amide bonds. The molecule has 3 atom stereocenters. The van der Waals surface area contributed by atoms with Crippen molar-refractivity contribution < 1.29 is 23.9 Å². The number of amides is 4. The van der Waals surface area contributed by atoms with Crippen LogP contribution in [0.5, 0.6) is 0 Å². The van der Waals surface area contributed by atoms with E-state index in [-0.39, 0.29) is 24.8 Å². The second-order valence-electron chi connectivity index (χ2n) is 12.0. The quantitative estimate of drug-likeness (QED) is 0.194. The first-order valence-corrected chi connectivity index (χ1v) is 15.2. The third-order valence-corrected chi connectivity index (χ3v) is 6.86. The fourth-order valence-electron chi connectivity index (χ4n) is 4.79. The van der Waals surface area contributed by atoms with Crippen LogP contribution < -0.4 is 16.4 Å². The maximum atomic E-state index is 14.3. The van der Waals surface area contributed by atoms with Crippen LogP contribution in [0.25, 0.3) is 0 Å². The van der Waals surface area contributed by atoms with Gasteiger partial charge in [0.05, 0.1) is 0 Å². The first-order chi connectivity index (χ1) is 19.3. The van der Waals surface area contributed by atoms with E-state index in [4.69, 9.17) is 10.5 Å². The van der Waals surface area contributed by atoms with E-state index in [1.54, 1.807) is 25.7 Å². The highest BCUT2D eigenvalue weighted by Gasteiger charge is 2.37. The van der Waals surface area contributed by atoms with E-state index >= 15 is 0 Å². The number of carbonyl (C=O) groups excluding carboxylic acids is 4. The lowest BCUT2D eigenvalue weighted by atomic mass is 9.96. The largest absolute Gasteiger partial charge is 0.444 e. The van der Waals surface area contributed by atoms with Crippen molar-refractivity contribution in [3.63, 3.8) is 0 Å². The predicted molar refractivity (Wildman–Crippen MR) is 163 cm³/mol. The summed E-state index contributed by atoms with van der Waals surface area (Å²) in [6.45, 7) is 13.6. The zero-order chi connectivity index (χ0) is 31.0. The summed E-state index contributed by atoms with van der Waals surface area (Å²) in [5.74, 6) is -1.31. The van der Waals surface area contributed by atoms with Gasteiger partial charge in [0, 0.05) is 19.0 Å². The minimum atomic E-state index is -1.09. The van der Waals surface area contributed by atoms with Gasteiger partial charge in [-0.3, -0.25) is 14.4 Å². The second-order valence-corrected chi connectivity index (χ2v) is 12.0. The minimum absolute atomic E-state index is 0.00520.